The number of carbonyl (C=O) groups excluding carboxylic acids is 1. The van der Waals surface area contributed by atoms with Crippen LogP contribution in [0.1, 0.15) is 13.8 Å². The quantitative estimate of drug-likeness (QED) is 0.587. The van der Waals surface area contributed by atoms with Gasteiger partial charge in [0.05, 0.1) is 6.54 Å². The molecule has 0 fully saturated rings. The molecule has 0 rings (SSSR count). The minimum Gasteiger partial charge on any atom is -0.372 e. The van der Waals surface area contributed by atoms with Crippen molar-refractivity contribution in [2.45, 2.75) is 13.8 Å². The van der Waals surface area contributed by atoms with Gasteiger partial charge in [-0.05, 0) is 13.8 Å². The van der Waals surface area contributed by atoms with Gasteiger partial charge in [-0.15, -0.1) is 5.92 Å². The average molecular weight is 155 g/mol. The Labute approximate surface area is 67.1 Å². The Morgan fingerprint density at radius 2 is 2.36 bits per heavy atom. The van der Waals surface area contributed by atoms with Gasteiger partial charge in [-0.3, -0.25) is 4.79 Å². The molecule has 0 atom stereocenters. The molecule has 1 amide bonds. The van der Waals surface area contributed by atoms with Crippen LogP contribution < -0.4 is 5.32 Å². The summed E-state index contributed by atoms with van der Waals surface area (Å²) in [6.07, 6.45) is 0. The molecule has 1 N–H and O–H groups in total. The van der Waals surface area contributed by atoms with Crippen LogP contribution in [-0.2, 0) is 9.53 Å². The normalized spacial score (nSPS) is 8.18. The van der Waals surface area contributed by atoms with E-state index in [2.05, 4.69) is 17.2 Å². The topological polar surface area (TPSA) is 38.3 Å². The average Bonchev–Trinajstić information content (AvgIpc) is 2.01. The molecule has 0 spiro atoms. The third-order valence-corrected chi connectivity index (χ3v) is 0.988. The molecule has 0 saturated heterocycles. The second kappa shape index (κ2) is 7.10. The van der Waals surface area contributed by atoms with Crippen LogP contribution >= 0.6 is 0 Å². The summed E-state index contributed by atoms with van der Waals surface area (Å²) in [6, 6.07) is 0. The summed E-state index contributed by atoms with van der Waals surface area (Å²) in [4.78, 5) is 10.8. The van der Waals surface area contributed by atoms with Gasteiger partial charge in [-0.2, -0.15) is 0 Å². The maximum Gasteiger partial charge on any atom is 0.246 e. The first-order valence-corrected chi connectivity index (χ1v) is 3.55. The SMILES string of the molecule is CC#CCNC(=O)COCC. The molecule has 0 saturated carbocycles. The molecular weight excluding hydrogens is 142 g/mol. The van der Waals surface area contributed by atoms with Gasteiger partial charge in [-0.25, -0.2) is 0 Å². The molecule has 3 heteroatoms. The Bertz CT molecular complexity index is 167. The van der Waals surface area contributed by atoms with Crippen molar-refractivity contribution in [2.75, 3.05) is 19.8 Å². The summed E-state index contributed by atoms with van der Waals surface area (Å²) in [5.41, 5.74) is 0. The number of ether oxygens (including phenoxy) is 1. The lowest BCUT2D eigenvalue weighted by atomic mass is 10.5. The summed E-state index contributed by atoms with van der Waals surface area (Å²) in [6.45, 7) is 4.67. The molecule has 0 heterocycles. The van der Waals surface area contributed by atoms with E-state index in [9.17, 15) is 4.79 Å². The van der Waals surface area contributed by atoms with Crippen molar-refractivity contribution in [2.24, 2.45) is 0 Å². The van der Waals surface area contributed by atoms with Crippen molar-refractivity contribution in [1.29, 1.82) is 0 Å². The zero-order valence-corrected chi connectivity index (χ0v) is 6.94. The predicted molar refractivity (Wildman–Crippen MR) is 43.0 cm³/mol. The van der Waals surface area contributed by atoms with Gasteiger partial charge in [0.25, 0.3) is 0 Å². The van der Waals surface area contributed by atoms with E-state index in [4.69, 9.17) is 4.74 Å². The minimum atomic E-state index is -0.116. The van der Waals surface area contributed by atoms with Crippen molar-refractivity contribution < 1.29 is 9.53 Å². The fourth-order valence-corrected chi connectivity index (χ4v) is 0.477. The molecule has 11 heavy (non-hydrogen) atoms. The Morgan fingerprint density at radius 3 is 2.91 bits per heavy atom. The maximum absolute atomic E-state index is 10.8. The standard InChI is InChI=1S/C8H13NO2/c1-3-5-6-9-8(10)7-11-4-2/h4,6-7H2,1-2H3,(H,9,10). The Balaban J connectivity index is 3.27. The predicted octanol–water partition coefficient (Wildman–Crippen LogP) is 0.162. The summed E-state index contributed by atoms with van der Waals surface area (Å²) in [5, 5.41) is 2.58. The Kier molecular flexibility index (Phi) is 6.45. The van der Waals surface area contributed by atoms with E-state index in [1.54, 1.807) is 6.92 Å². The minimum absolute atomic E-state index is 0.116. The van der Waals surface area contributed by atoms with Crippen molar-refractivity contribution in [3.05, 3.63) is 0 Å². The molecule has 0 radical (unpaired) electrons. The van der Waals surface area contributed by atoms with Gasteiger partial charge in [0.15, 0.2) is 0 Å². The van der Waals surface area contributed by atoms with Crippen LogP contribution in [0.15, 0.2) is 0 Å². The van der Waals surface area contributed by atoms with Gasteiger partial charge >= 0.3 is 0 Å². The molecule has 0 unspecified atom stereocenters. The van der Waals surface area contributed by atoms with Crippen molar-refractivity contribution in [3.63, 3.8) is 0 Å². The first-order valence-electron chi connectivity index (χ1n) is 3.55. The van der Waals surface area contributed by atoms with E-state index < -0.39 is 0 Å². The van der Waals surface area contributed by atoms with Crippen LogP contribution in [0.4, 0.5) is 0 Å². The highest BCUT2D eigenvalue weighted by molar-refractivity contribution is 5.77. The molecule has 0 aliphatic carbocycles. The largest absolute Gasteiger partial charge is 0.372 e. The number of nitrogens with one attached hydrogen (secondary N) is 1. The molecule has 0 aromatic heterocycles. The lowest BCUT2D eigenvalue weighted by molar-refractivity contribution is -0.125. The van der Waals surface area contributed by atoms with Crippen LogP contribution in [0, 0.1) is 11.8 Å². The zero-order chi connectivity index (χ0) is 8.53. The van der Waals surface area contributed by atoms with E-state index in [1.165, 1.54) is 0 Å². The van der Waals surface area contributed by atoms with Crippen LogP contribution in [0.25, 0.3) is 0 Å². The lowest BCUT2D eigenvalue weighted by Gasteiger charge is -1.99. The number of carbonyl (C=O) groups is 1. The molecule has 62 valence electrons. The maximum atomic E-state index is 10.8. The molecule has 0 aromatic rings. The van der Waals surface area contributed by atoms with Crippen molar-refractivity contribution in [3.8, 4) is 11.8 Å². The first-order chi connectivity index (χ1) is 5.31. The third-order valence-electron chi connectivity index (χ3n) is 0.988. The molecule has 0 aliphatic heterocycles. The Hall–Kier alpha value is -1.01. The van der Waals surface area contributed by atoms with E-state index >= 15 is 0 Å². The summed E-state index contributed by atoms with van der Waals surface area (Å²) in [5.74, 6) is 5.28. The summed E-state index contributed by atoms with van der Waals surface area (Å²) >= 11 is 0. The van der Waals surface area contributed by atoms with Crippen LogP contribution in [0.5, 0.6) is 0 Å². The van der Waals surface area contributed by atoms with Crippen molar-refractivity contribution >= 4 is 5.91 Å². The highest BCUT2D eigenvalue weighted by atomic mass is 16.5. The van der Waals surface area contributed by atoms with Gasteiger partial charge in [0, 0.05) is 6.61 Å². The number of hydrogen-bond donors (Lipinski definition) is 1. The van der Waals surface area contributed by atoms with Crippen LogP contribution in [-0.4, -0.2) is 25.7 Å². The second-order valence-corrected chi connectivity index (χ2v) is 1.84. The zero-order valence-electron chi connectivity index (χ0n) is 6.94. The number of rotatable bonds is 4. The summed E-state index contributed by atoms with van der Waals surface area (Å²) < 4.78 is 4.87. The van der Waals surface area contributed by atoms with Crippen LogP contribution in [0.3, 0.4) is 0 Å². The lowest BCUT2D eigenvalue weighted by Crippen LogP contribution is -2.27. The fraction of sp³-hybridized carbons (Fsp3) is 0.625. The van der Waals surface area contributed by atoms with Crippen LogP contribution in [0.2, 0.25) is 0 Å². The molecule has 0 bridgehead atoms. The second-order valence-electron chi connectivity index (χ2n) is 1.84. The highest BCUT2D eigenvalue weighted by Gasteiger charge is 1.96. The first kappa shape index (κ1) is 9.99. The van der Waals surface area contributed by atoms with E-state index in [-0.39, 0.29) is 12.5 Å². The summed E-state index contributed by atoms with van der Waals surface area (Å²) in [7, 11) is 0. The molecule has 0 aliphatic rings. The smallest absolute Gasteiger partial charge is 0.246 e. The Morgan fingerprint density at radius 1 is 1.64 bits per heavy atom. The monoisotopic (exact) mass is 155 g/mol. The van der Waals surface area contributed by atoms with E-state index in [0.717, 1.165) is 0 Å². The third kappa shape index (κ3) is 6.88. The van der Waals surface area contributed by atoms with Gasteiger partial charge in [-0.1, -0.05) is 5.92 Å². The fourth-order valence-electron chi connectivity index (χ4n) is 0.477. The van der Waals surface area contributed by atoms with E-state index in [0.29, 0.717) is 13.2 Å². The van der Waals surface area contributed by atoms with Gasteiger partial charge in [0.1, 0.15) is 6.61 Å². The van der Waals surface area contributed by atoms with E-state index in [1.807, 2.05) is 6.92 Å². The molecule has 0 aromatic carbocycles. The van der Waals surface area contributed by atoms with Gasteiger partial charge < -0.3 is 10.1 Å². The molecular formula is C8H13NO2. The highest BCUT2D eigenvalue weighted by Crippen LogP contribution is 1.72. The number of hydrogen-bond acceptors (Lipinski definition) is 2. The van der Waals surface area contributed by atoms with Crippen molar-refractivity contribution in [1.82, 2.24) is 5.32 Å². The number of amides is 1. The molecule has 3 nitrogen and oxygen atoms in total. The van der Waals surface area contributed by atoms with Gasteiger partial charge in [0.2, 0.25) is 5.91 Å².